The van der Waals surface area contributed by atoms with Crippen LogP contribution in [0.3, 0.4) is 0 Å². The molecule has 1 atom stereocenters. The van der Waals surface area contributed by atoms with Crippen LogP contribution in [-0.2, 0) is 0 Å². The molecule has 0 aliphatic heterocycles. The smallest absolute Gasteiger partial charge is 0.275 e. The van der Waals surface area contributed by atoms with Crippen molar-refractivity contribution in [1.29, 1.82) is 0 Å². The molecule has 3 aromatic heterocycles. The zero-order valence-corrected chi connectivity index (χ0v) is 14.3. The lowest BCUT2D eigenvalue weighted by atomic mass is 10.3. The van der Waals surface area contributed by atoms with E-state index >= 15 is 0 Å². The lowest BCUT2D eigenvalue weighted by Crippen LogP contribution is -2.19. The van der Waals surface area contributed by atoms with Gasteiger partial charge in [-0.05, 0) is 13.8 Å². The lowest BCUT2D eigenvalue weighted by Gasteiger charge is -2.05. The fourth-order valence-electron chi connectivity index (χ4n) is 2.23. The van der Waals surface area contributed by atoms with Crippen molar-refractivity contribution in [1.82, 2.24) is 24.8 Å². The highest BCUT2D eigenvalue weighted by Gasteiger charge is 2.15. The van der Waals surface area contributed by atoms with Crippen LogP contribution in [0.2, 0.25) is 0 Å². The van der Waals surface area contributed by atoms with Crippen molar-refractivity contribution < 1.29 is 0 Å². The van der Waals surface area contributed by atoms with Crippen molar-refractivity contribution in [3.8, 4) is 0 Å². The van der Waals surface area contributed by atoms with Gasteiger partial charge in [0, 0.05) is 25.0 Å². The Morgan fingerprint density at radius 2 is 2.25 bits per heavy atom. The molecular weight excluding hydrogens is 324 g/mol. The third-order valence-corrected chi connectivity index (χ3v) is 4.57. The number of aromatic nitrogens is 4. The van der Waals surface area contributed by atoms with E-state index in [1.54, 1.807) is 18.5 Å². The van der Waals surface area contributed by atoms with Crippen LogP contribution in [0, 0.1) is 0 Å². The van der Waals surface area contributed by atoms with Crippen molar-refractivity contribution >= 4 is 43.8 Å². The van der Waals surface area contributed by atoms with Gasteiger partial charge >= 0.3 is 0 Å². The highest BCUT2D eigenvalue weighted by atomic mass is 32.1. The molecule has 0 amide bonds. The minimum Gasteiger partial charge on any atom is -0.384 e. The fraction of sp³-hybridized carbons (Fsp3) is 0.250. The van der Waals surface area contributed by atoms with Gasteiger partial charge in [-0.15, -0.1) is 17.9 Å². The molecule has 7 nitrogen and oxygen atoms in total. The summed E-state index contributed by atoms with van der Waals surface area (Å²) in [6.07, 6.45) is 8.14. The van der Waals surface area contributed by atoms with E-state index in [0.717, 1.165) is 16.8 Å². The first kappa shape index (κ1) is 16.1. The largest absolute Gasteiger partial charge is 0.384 e. The molecule has 0 saturated heterocycles. The van der Waals surface area contributed by atoms with Gasteiger partial charge < -0.3 is 10.6 Å². The first-order valence-electron chi connectivity index (χ1n) is 7.59. The van der Waals surface area contributed by atoms with Gasteiger partial charge in [0.1, 0.15) is 33.5 Å². The van der Waals surface area contributed by atoms with Crippen LogP contribution in [0.4, 0.5) is 5.82 Å². The summed E-state index contributed by atoms with van der Waals surface area (Å²) in [4.78, 5) is 26.4. The molecule has 0 aliphatic rings. The quantitative estimate of drug-likeness (QED) is 0.669. The van der Waals surface area contributed by atoms with Gasteiger partial charge in [0.15, 0.2) is 0 Å². The number of nitrogens with one attached hydrogen (secondary N) is 2. The van der Waals surface area contributed by atoms with Crippen LogP contribution in [0.15, 0.2) is 36.3 Å². The summed E-state index contributed by atoms with van der Waals surface area (Å²) in [5.41, 5.74) is 0.503. The number of anilines is 1. The Bertz CT molecular complexity index is 974. The first-order valence-corrected chi connectivity index (χ1v) is 8.40. The molecule has 3 rings (SSSR count). The van der Waals surface area contributed by atoms with Gasteiger partial charge in [0.05, 0.1) is 5.39 Å². The van der Waals surface area contributed by atoms with Crippen molar-refractivity contribution in [3.63, 3.8) is 0 Å². The van der Waals surface area contributed by atoms with Crippen LogP contribution in [-0.4, -0.2) is 32.1 Å². The van der Waals surface area contributed by atoms with E-state index in [4.69, 9.17) is 0 Å². The van der Waals surface area contributed by atoms with Gasteiger partial charge in [-0.2, -0.15) is 0 Å². The molecule has 0 fully saturated rings. The Balaban J connectivity index is 2.10. The van der Waals surface area contributed by atoms with Gasteiger partial charge in [-0.3, -0.25) is 9.36 Å². The maximum atomic E-state index is 12.7. The van der Waals surface area contributed by atoms with Crippen LogP contribution < -0.4 is 16.2 Å². The second-order valence-electron chi connectivity index (χ2n) is 5.18. The molecule has 24 heavy (non-hydrogen) atoms. The molecular formula is C16H18N6OS. The number of hydrogen-bond acceptors (Lipinski definition) is 7. The zero-order valence-electron chi connectivity index (χ0n) is 13.5. The summed E-state index contributed by atoms with van der Waals surface area (Å²) in [7, 11) is 0. The zero-order chi connectivity index (χ0) is 17.1. The van der Waals surface area contributed by atoms with Gasteiger partial charge in [-0.25, -0.2) is 15.0 Å². The Labute approximate surface area is 142 Å². The number of fused-ring (bicyclic) bond motifs is 3. The third kappa shape index (κ3) is 2.88. The Morgan fingerprint density at radius 1 is 1.42 bits per heavy atom. The maximum absolute atomic E-state index is 12.7. The summed E-state index contributed by atoms with van der Waals surface area (Å²) >= 11 is 1.33. The standard InChI is InChI=1S/C16H18N6OS/c1-4-10(3)18-6-7-22-9-21-12-11-14(17-5-2)19-8-20-15(11)24-13(12)16(22)23/h4,6-10,18H,1,5H2,2-3H3,(H,17,19,20)/b7-6+. The lowest BCUT2D eigenvalue weighted by molar-refractivity contribution is 0.771. The molecule has 8 heteroatoms. The summed E-state index contributed by atoms with van der Waals surface area (Å²) in [5, 5.41) is 7.08. The Kier molecular flexibility index (Phi) is 4.57. The van der Waals surface area contributed by atoms with E-state index in [0.29, 0.717) is 16.0 Å². The molecule has 0 aliphatic carbocycles. The normalized spacial score (nSPS) is 12.8. The summed E-state index contributed by atoms with van der Waals surface area (Å²) in [6, 6.07) is 0.121. The van der Waals surface area contributed by atoms with Gasteiger partial charge in [0.2, 0.25) is 0 Å². The SMILES string of the molecule is C=CC(C)N/C=C/n1cnc2c(sc3ncnc(NCC)c32)c1=O. The number of rotatable bonds is 6. The van der Waals surface area contributed by atoms with Crippen molar-refractivity contribution in [2.45, 2.75) is 19.9 Å². The Morgan fingerprint density at radius 3 is 3.00 bits per heavy atom. The number of hydrogen-bond donors (Lipinski definition) is 2. The first-order chi connectivity index (χ1) is 11.7. The second kappa shape index (κ2) is 6.79. The van der Waals surface area contributed by atoms with E-state index in [1.165, 1.54) is 28.6 Å². The maximum Gasteiger partial charge on any atom is 0.275 e. The highest BCUT2D eigenvalue weighted by molar-refractivity contribution is 7.25. The summed E-state index contributed by atoms with van der Waals surface area (Å²) in [5.74, 6) is 0.704. The van der Waals surface area contributed by atoms with Crippen LogP contribution in [0.25, 0.3) is 26.6 Å². The molecule has 2 N–H and O–H groups in total. The predicted octanol–water partition coefficient (Wildman–Crippen LogP) is 2.43. The van der Waals surface area contributed by atoms with E-state index in [2.05, 4.69) is 32.2 Å². The van der Waals surface area contributed by atoms with E-state index in [9.17, 15) is 4.79 Å². The van der Waals surface area contributed by atoms with Crippen LogP contribution in [0.1, 0.15) is 13.8 Å². The molecule has 0 spiro atoms. The molecule has 0 saturated carbocycles. The van der Waals surface area contributed by atoms with Crippen molar-refractivity contribution in [2.24, 2.45) is 0 Å². The minimum atomic E-state index is -0.130. The topological polar surface area (TPSA) is 84.7 Å². The molecule has 0 aromatic carbocycles. The summed E-state index contributed by atoms with van der Waals surface area (Å²) < 4.78 is 2.01. The predicted molar refractivity (Wildman–Crippen MR) is 99.3 cm³/mol. The van der Waals surface area contributed by atoms with Crippen molar-refractivity contribution in [2.75, 3.05) is 11.9 Å². The molecule has 3 aromatic rings. The minimum absolute atomic E-state index is 0.121. The average molecular weight is 342 g/mol. The molecule has 0 radical (unpaired) electrons. The Hall–Kier alpha value is -2.74. The average Bonchev–Trinajstić information content (AvgIpc) is 2.97. The molecule has 0 bridgehead atoms. The molecule has 3 heterocycles. The van der Waals surface area contributed by atoms with Crippen LogP contribution in [0.5, 0.6) is 0 Å². The summed E-state index contributed by atoms with van der Waals surface area (Å²) in [6.45, 7) is 8.39. The monoisotopic (exact) mass is 342 g/mol. The van der Waals surface area contributed by atoms with Crippen molar-refractivity contribution in [3.05, 3.63) is 41.9 Å². The molecule has 124 valence electrons. The second-order valence-corrected chi connectivity index (χ2v) is 6.18. The van der Waals surface area contributed by atoms with Crippen LogP contribution >= 0.6 is 11.3 Å². The third-order valence-electron chi connectivity index (χ3n) is 3.50. The molecule has 1 unspecified atom stereocenters. The van der Waals surface area contributed by atoms with E-state index in [-0.39, 0.29) is 11.6 Å². The number of thiophene rings is 1. The highest BCUT2D eigenvalue weighted by Crippen LogP contribution is 2.32. The van der Waals surface area contributed by atoms with Gasteiger partial charge in [-0.1, -0.05) is 6.08 Å². The fourth-order valence-corrected chi connectivity index (χ4v) is 3.26. The number of nitrogens with zero attached hydrogens (tertiary/aromatic N) is 4. The van der Waals surface area contributed by atoms with Gasteiger partial charge in [0.25, 0.3) is 5.56 Å². The van der Waals surface area contributed by atoms with E-state index < -0.39 is 0 Å². The van der Waals surface area contributed by atoms with E-state index in [1.807, 2.05) is 13.8 Å².